The van der Waals surface area contributed by atoms with Crippen molar-refractivity contribution in [1.82, 2.24) is 5.32 Å². The number of nitrogens with one attached hydrogen (secondary N) is 2. The maximum absolute atomic E-state index is 12.8. The molecule has 0 saturated heterocycles. The van der Waals surface area contributed by atoms with Crippen LogP contribution in [0.4, 0.5) is 5.69 Å². The second kappa shape index (κ2) is 10.7. The predicted octanol–water partition coefficient (Wildman–Crippen LogP) is 7.16. The molecule has 0 atom stereocenters. The fraction of sp³-hybridized carbons (Fsp3) is 0.0357. The molecule has 0 bridgehead atoms. The topological polar surface area (TPSA) is 93.7 Å². The van der Waals surface area contributed by atoms with Crippen LogP contribution in [0.3, 0.4) is 0 Å². The van der Waals surface area contributed by atoms with Crippen molar-refractivity contribution in [3.8, 4) is 28.2 Å². The highest BCUT2D eigenvalue weighted by atomic mass is 35.5. The van der Waals surface area contributed by atoms with E-state index in [2.05, 4.69) is 10.6 Å². The Morgan fingerprint density at radius 2 is 1.74 bits per heavy atom. The van der Waals surface area contributed by atoms with Gasteiger partial charge in [0.2, 0.25) is 0 Å². The number of thiocarbonyl (C=S) groups is 1. The number of hydrogen-bond acceptors (Lipinski definition) is 6. The molecule has 0 aliphatic carbocycles. The summed E-state index contributed by atoms with van der Waals surface area (Å²) in [6, 6.07) is 22.3. The van der Waals surface area contributed by atoms with Crippen LogP contribution < -0.4 is 21.0 Å². The number of para-hydroxylation sites is 1. The molecule has 38 heavy (non-hydrogen) atoms. The third-order valence-electron chi connectivity index (χ3n) is 5.67. The average Bonchev–Trinajstić information content (AvgIpc) is 3.40. The van der Waals surface area contributed by atoms with E-state index in [0.717, 1.165) is 5.39 Å². The van der Waals surface area contributed by atoms with Gasteiger partial charge in [0, 0.05) is 10.9 Å². The first-order valence-electron chi connectivity index (χ1n) is 11.2. The molecule has 190 valence electrons. The molecule has 0 saturated carbocycles. The number of hydrogen-bond donors (Lipinski definition) is 2. The Morgan fingerprint density at radius 1 is 0.921 bits per heavy atom. The second-order valence-corrected chi connectivity index (χ2v) is 9.27. The molecule has 0 radical (unpaired) electrons. The van der Waals surface area contributed by atoms with Crippen LogP contribution in [-0.2, 0) is 0 Å². The van der Waals surface area contributed by atoms with E-state index in [1.807, 2.05) is 12.1 Å². The summed E-state index contributed by atoms with van der Waals surface area (Å²) < 4.78 is 16.6. The van der Waals surface area contributed by atoms with Crippen LogP contribution in [0.25, 0.3) is 33.4 Å². The molecule has 3 aromatic carbocycles. The highest BCUT2D eigenvalue weighted by Crippen LogP contribution is 2.34. The van der Waals surface area contributed by atoms with Gasteiger partial charge in [-0.1, -0.05) is 53.5 Å². The number of halogens is 2. The van der Waals surface area contributed by atoms with E-state index in [1.165, 1.54) is 13.2 Å². The molecular formula is C28H18Cl2N2O5S. The summed E-state index contributed by atoms with van der Waals surface area (Å²) in [7, 11) is 1.50. The Hall–Kier alpha value is -4.11. The second-order valence-electron chi connectivity index (χ2n) is 8.07. The first-order valence-corrected chi connectivity index (χ1v) is 12.4. The van der Waals surface area contributed by atoms with Crippen LogP contribution in [0, 0.1) is 0 Å². The van der Waals surface area contributed by atoms with Crippen molar-refractivity contribution in [2.24, 2.45) is 0 Å². The lowest BCUT2D eigenvalue weighted by atomic mass is 10.0. The van der Waals surface area contributed by atoms with Crippen molar-refractivity contribution in [2.75, 3.05) is 12.4 Å². The minimum Gasteiger partial charge on any atom is -0.495 e. The largest absolute Gasteiger partial charge is 0.495 e. The smallest absolute Gasteiger partial charge is 0.344 e. The van der Waals surface area contributed by atoms with Crippen molar-refractivity contribution in [3.05, 3.63) is 105 Å². The Morgan fingerprint density at radius 3 is 2.55 bits per heavy atom. The molecule has 2 N–H and O–H groups in total. The van der Waals surface area contributed by atoms with Crippen LogP contribution in [0.1, 0.15) is 10.6 Å². The van der Waals surface area contributed by atoms with Crippen molar-refractivity contribution in [2.45, 2.75) is 0 Å². The monoisotopic (exact) mass is 564 g/mol. The highest BCUT2D eigenvalue weighted by Gasteiger charge is 2.17. The van der Waals surface area contributed by atoms with Crippen LogP contribution in [-0.4, -0.2) is 18.1 Å². The van der Waals surface area contributed by atoms with E-state index >= 15 is 0 Å². The number of rotatable bonds is 5. The minimum absolute atomic E-state index is 0.00488. The first-order chi connectivity index (χ1) is 18.3. The molecule has 10 heteroatoms. The lowest BCUT2D eigenvalue weighted by Gasteiger charge is -2.14. The Labute approximate surface area is 231 Å². The van der Waals surface area contributed by atoms with E-state index in [1.54, 1.807) is 60.7 Å². The lowest BCUT2D eigenvalue weighted by molar-refractivity contribution is 0.0951. The highest BCUT2D eigenvalue weighted by molar-refractivity contribution is 7.80. The zero-order valence-electron chi connectivity index (χ0n) is 19.7. The van der Waals surface area contributed by atoms with Crippen molar-refractivity contribution < 1.29 is 18.4 Å². The number of carbonyl (C=O) groups excluding carboxylic acids is 1. The number of furan rings is 1. The first kappa shape index (κ1) is 25.5. The number of ether oxygens (including phenoxy) is 1. The number of benzene rings is 3. The van der Waals surface area contributed by atoms with Gasteiger partial charge in [-0.05, 0) is 66.3 Å². The summed E-state index contributed by atoms with van der Waals surface area (Å²) in [5.41, 5.74) is 1.95. The van der Waals surface area contributed by atoms with E-state index in [-0.39, 0.29) is 10.9 Å². The molecule has 0 fully saturated rings. The van der Waals surface area contributed by atoms with Gasteiger partial charge in [-0.2, -0.15) is 0 Å². The van der Waals surface area contributed by atoms with Gasteiger partial charge in [-0.15, -0.1) is 0 Å². The lowest BCUT2D eigenvalue weighted by Crippen LogP contribution is -2.34. The molecule has 0 aliphatic heterocycles. The fourth-order valence-electron chi connectivity index (χ4n) is 3.85. The Balaban J connectivity index is 1.36. The number of anilines is 1. The fourth-order valence-corrected chi connectivity index (χ4v) is 4.45. The van der Waals surface area contributed by atoms with Gasteiger partial charge in [0.05, 0.1) is 28.4 Å². The normalized spacial score (nSPS) is 10.8. The predicted molar refractivity (Wildman–Crippen MR) is 152 cm³/mol. The SMILES string of the molecule is COc1ccc(-c2cc3ccccc3oc2=O)cc1NC(=S)NC(=O)c1ccc(-c2cccc(Cl)c2Cl)o1. The van der Waals surface area contributed by atoms with Gasteiger partial charge in [-0.3, -0.25) is 10.1 Å². The molecular weight excluding hydrogens is 547 g/mol. The third kappa shape index (κ3) is 5.15. The van der Waals surface area contributed by atoms with Crippen LogP contribution in [0.15, 0.2) is 92.5 Å². The third-order valence-corrected chi connectivity index (χ3v) is 6.70. The summed E-state index contributed by atoms with van der Waals surface area (Å²) in [6.45, 7) is 0. The van der Waals surface area contributed by atoms with Crippen molar-refractivity contribution in [1.29, 1.82) is 0 Å². The minimum atomic E-state index is -0.572. The van der Waals surface area contributed by atoms with Crippen molar-refractivity contribution in [3.63, 3.8) is 0 Å². The molecule has 1 amide bonds. The quantitative estimate of drug-likeness (QED) is 0.173. The number of methoxy groups -OCH3 is 1. The van der Waals surface area contributed by atoms with E-state index in [0.29, 0.717) is 49.5 Å². The van der Waals surface area contributed by atoms with Gasteiger partial charge >= 0.3 is 5.63 Å². The molecule has 5 rings (SSSR count). The Kier molecular flexibility index (Phi) is 7.20. The molecule has 7 nitrogen and oxygen atoms in total. The zero-order chi connectivity index (χ0) is 26.8. The van der Waals surface area contributed by atoms with E-state index in [4.69, 9.17) is 49.0 Å². The van der Waals surface area contributed by atoms with E-state index in [9.17, 15) is 9.59 Å². The van der Waals surface area contributed by atoms with Gasteiger partial charge in [0.15, 0.2) is 10.9 Å². The van der Waals surface area contributed by atoms with Gasteiger partial charge in [-0.25, -0.2) is 4.79 Å². The maximum atomic E-state index is 12.8. The molecule has 2 aromatic heterocycles. The van der Waals surface area contributed by atoms with Crippen LogP contribution >= 0.6 is 35.4 Å². The molecule has 5 aromatic rings. The summed E-state index contributed by atoms with van der Waals surface area (Å²) >= 11 is 17.7. The maximum Gasteiger partial charge on any atom is 0.344 e. The summed E-state index contributed by atoms with van der Waals surface area (Å²) in [4.78, 5) is 25.4. The van der Waals surface area contributed by atoms with Gasteiger partial charge in [0.1, 0.15) is 17.1 Å². The number of amides is 1. The van der Waals surface area contributed by atoms with Crippen LogP contribution in [0.5, 0.6) is 5.75 Å². The standard InChI is InChI=1S/C28H18Cl2N2O5S/c1-35-23-10-9-15(18-13-16-5-2-3-8-21(16)37-27(18)34)14-20(23)31-28(38)32-26(33)24-12-11-22(36-24)17-6-4-7-19(29)25(17)30/h2-14H,1H3,(H2,31,32,33,38). The van der Waals surface area contributed by atoms with Gasteiger partial charge < -0.3 is 18.9 Å². The van der Waals surface area contributed by atoms with Crippen molar-refractivity contribution >= 4 is 63.1 Å². The number of carbonyl (C=O) groups is 1. The average molecular weight is 565 g/mol. The zero-order valence-corrected chi connectivity index (χ0v) is 22.0. The molecule has 0 unspecified atom stereocenters. The molecule has 0 aliphatic rings. The summed E-state index contributed by atoms with van der Waals surface area (Å²) in [6.07, 6.45) is 0. The molecule has 2 heterocycles. The summed E-state index contributed by atoms with van der Waals surface area (Å²) in [5, 5.41) is 6.99. The Bertz CT molecular complexity index is 1760. The van der Waals surface area contributed by atoms with Crippen LogP contribution in [0.2, 0.25) is 10.0 Å². The summed E-state index contributed by atoms with van der Waals surface area (Å²) in [5.74, 6) is 0.281. The number of fused-ring (bicyclic) bond motifs is 1. The molecule has 0 spiro atoms. The van der Waals surface area contributed by atoms with Gasteiger partial charge in [0.25, 0.3) is 5.91 Å². The van der Waals surface area contributed by atoms with E-state index < -0.39 is 11.5 Å².